The minimum absolute atomic E-state index is 0.322. The van der Waals surface area contributed by atoms with Crippen LogP contribution in [0.3, 0.4) is 0 Å². The van der Waals surface area contributed by atoms with Gasteiger partial charge in [-0.1, -0.05) is 36.8 Å². The Morgan fingerprint density at radius 2 is 2.07 bits per heavy atom. The van der Waals surface area contributed by atoms with Crippen LogP contribution in [-0.4, -0.2) is 10.6 Å². The van der Waals surface area contributed by atoms with Crippen molar-refractivity contribution in [3.05, 3.63) is 45.5 Å². The molecule has 1 aliphatic rings. The van der Waals surface area contributed by atoms with Crippen molar-refractivity contribution < 1.29 is 9.66 Å². The molecule has 1 aliphatic heterocycles. The Labute approximate surface area is 88.0 Å². The molecule has 0 bridgehead atoms. The summed E-state index contributed by atoms with van der Waals surface area (Å²) in [6.45, 7) is 3.76. The maximum atomic E-state index is 10.8. The van der Waals surface area contributed by atoms with Crippen LogP contribution in [0.1, 0.15) is 30.6 Å². The van der Waals surface area contributed by atoms with Gasteiger partial charge in [0.05, 0.1) is 4.92 Å². The smallest absolute Gasteiger partial charge is 0.294 e. The van der Waals surface area contributed by atoms with Gasteiger partial charge >= 0.3 is 5.72 Å². The van der Waals surface area contributed by atoms with Gasteiger partial charge in [0.1, 0.15) is 0 Å². The van der Waals surface area contributed by atoms with E-state index in [0.29, 0.717) is 6.42 Å². The minimum Gasteiger partial charge on any atom is -0.294 e. The number of nitro groups is 1. The maximum absolute atomic E-state index is 10.8. The van der Waals surface area contributed by atoms with Crippen LogP contribution < -0.4 is 0 Å². The van der Waals surface area contributed by atoms with E-state index in [1.807, 2.05) is 31.2 Å². The number of epoxide rings is 1. The molecule has 1 aromatic carbocycles. The van der Waals surface area contributed by atoms with Crippen LogP contribution in [0, 0.1) is 17.0 Å². The van der Waals surface area contributed by atoms with E-state index in [4.69, 9.17) is 4.74 Å². The van der Waals surface area contributed by atoms with Gasteiger partial charge in [0.25, 0.3) is 0 Å². The zero-order chi connectivity index (χ0) is 11.1. The van der Waals surface area contributed by atoms with Crippen LogP contribution in [0.4, 0.5) is 0 Å². The number of ether oxygens (including phenoxy) is 1. The van der Waals surface area contributed by atoms with E-state index in [1.54, 1.807) is 6.92 Å². The summed E-state index contributed by atoms with van der Waals surface area (Å²) in [5.74, 6) is 0. The molecule has 4 heteroatoms. The molecule has 0 saturated carbocycles. The molecule has 80 valence electrons. The highest BCUT2D eigenvalue weighted by Gasteiger charge is 2.68. The van der Waals surface area contributed by atoms with Crippen LogP contribution in [0.25, 0.3) is 0 Å². The fraction of sp³-hybridized carbons (Fsp3) is 0.455. The van der Waals surface area contributed by atoms with Crippen LogP contribution in [0.5, 0.6) is 0 Å². The Balaban J connectivity index is 2.22. The van der Waals surface area contributed by atoms with Crippen molar-refractivity contribution in [3.8, 4) is 0 Å². The van der Waals surface area contributed by atoms with Crippen LogP contribution in [0.2, 0.25) is 0 Å². The Bertz CT molecular complexity index is 387. The van der Waals surface area contributed by atoms with E-state index in [0.717, 1.165) is 11.1 Å². The summed E-state index contributed by atoms with van der Waals surface area (Å²) < 4.78 is 5.24. The van der Waals surface area contributed by atoms with Crippen molar-refractivity contribution in [1.82, 2.24) is 0 Å². The number of hydrogen-bond donors (Lipinski definition) is 0. The first-order valence-electron chi connectivity index (χ1n) is 4.99. The molecule has 2 unspecified atom stereocenters. The summed E-state index contributed by atoms with van der Waals surface area (Å²) in [6, 6.07) is 7.66. The lowest BCUT2D eigenvalue weighted by Crippen LogP contribution is -2.22. The fourth-order valence-electron chi connectivity index (χ4n) is 1.78. The average Bonchev–Trinajstić information content (AvgIpc) is 2.95. The second kappa shape index (κ2) is 3.31. The fourth-order valence-corrected chi connectivity index (χ4v) is 1.78. The van der Waals surface area contributed by atoms with Crippen molar-refractivity contribution in [3.63, 3.8) is 0 Å². The van der Waals surface area contributed by atoms with E-state index in [9.17, 15) is 10.1 Å². The van der Waals surface area contributed by atoms with Gasteiger partial charge in [-0.3, -0.25) is 14.9 Å². The lowest BCUT2D eigenvalue weighted by Gasteiger charge is -2.00. The Morgan fingerprint density at radius 3 is 2.47 bits per heavy atom. The molecule has 0 N–H and O–H groups in total. The highest BCUT2D eigenvalue weighted by atomic mass is 16.7. The van der Waals surface area contributed by atoms with Crippen molar-refractivity contribution in [2.75, 3.05) is 0 Å². The zero-order valence-corrected chi connectivity index (χ0v) is 8.77. The molecule has 15 heavy (non-hydrogen) atoms. The van der Waals surface area contributed by atoms with Gasteiger partial charge in [0.15, 0.2) is 6.10 Å². The SMILES string of the molecule is CCC1([N+](=O)[O-])OC1c1ccc(C)cc1. The van der Waals surface area contributed by atoms with Gasteiger partial charge in [-0.05, 0) is 12.5 Å². The first-order valence-corrected chi connectivity index (χ1v) is 4.99. The predicted molar refractivity (Wildman–Crippen MR) is 55.0 cm³/mol. The molecule has 0 aliphatic carbocycles. The van der Waals surface area contributed by atoms with Crippen molar-refractivity contribution in [2.45, 2.75) is 32.1 Å². The summed E-state index contributed by atoms with van der Waals surface area (Å²) in [4.78, 5) is 10.5. The molecular formula is C11H13NO3. The number of aryl methyl sites for hydroxylation is 1. The molecule has 0 aromatic heterocycles. The quantitative estimate of drug-likeness (QED) is 0.434. The number of hydrogen-bond acceptors (Lipinski definition) is 3. The first-order chi connectivity index (χ1) is 7.10. The van der Waals surface area contributed by atoms with Crippen LogP contribution >= 0.6 is 0 Å². The average molecular weight is 207 g/mol. The molecule has 0 amide bonds. The highest BCUT2D eigenvalue weighted by molar-refractivity contribution is 5.27. The van der Waals surface area contributed by atoms with E-state index in [1.165, 1.54) is 0 Å². The van der Waals surface area contributed by atoms with Gasteiger partial charge in [-0.15, -0.1) is 0 Å². The molecule has 1 saturated heterocycles. The molecular weight excluding hydrogens is 194 g/mol. The lowest BCUT2D eigenvalue weighted by molar-refractivity contribution is -0.564. The summed E-state index contributed by atoms with van der Waals surface area (Å²) in [5, 5.41) is 10.8. The van der Waals surface area contributed by atoms with Gasteiger partial charge in [-0.25, -0.2) is 0 Å². The van der Waals surface area contributed by atoms with Crippen LogP contribution in [0.15, 0.2) is 24.3 Å². The number of benzene rings is 1. The number of rotatable bonds is 3. The van der Waals surface area contributed by atoms with Gasteiger partial charge < -0.3 is 0 Å². The van der Waals surface area contributed by atoms with Gasteiger partial charge in [0.2, 0.25) is 0 Å². The molecule has 1 heterocycles. The van der Waals surface area contributed by atoms with E-state index >= 15 is 0 Å². The zero-order valence-electron chi connectivity index (χ0n) is 8.77. The lowest BCUT2D eigenvalue weighted by atomic mass is 10.0. The van der Waals surface area contributed by atoms with Crippen molar-refractivity contribution in [2.24, 2.45) is 0 Å². The summed E-state index contributed by atoms with van der Waals surface area (Å²) in [7, 11) is 0. The summed E-state index contributed by atoms with van der Waals surface area (Å²) >= 11 is 0. The standard InChI is InChI=1S/C11H13NO3/c1-3-11(12(13)14)10(15-11)9-6-4-8(2)5-7-9/h4-7,10H,3H2,1-2H3. The first kappa shape index (κ1) is 10.1. The van der Waals surface area contributed by atoms with E-state index in [-0.39, 0.29) is 11.0 Å². The Kier molecular flexibility index (Phi) is 2.23. The maximum Gasteiger partial charge on any atom is 0.356 e. The molecule has 1 fully saturated rings. The highest BCUT2D eigenvalue weighted by Crippen LogP contribution is 2.51. The van der Waals surface area contributed by atoms with Crippen LogP contribution in [-0.2, 0) is 4.74 Å². The second-order valence-corrected chi connectivity index (χ2v) is 3.86. The molecule has 0 spiro atoms. The predicted octanol–water partition coefficient (Wildman–Crippen LogP) is 2.45. The summed E-state index contributed by atoms with van der Waals surface area (Å²) in [5.41, 5.74) is 0.858. The monoisotopic (exact) mass is 207 g/mol. The Hall–Kier alpha value is -1.42. The van der Waals surface area contributed by atoms with E-state index < -0.39 is 5.72 Å². The topological polar surface area (TPSA) is 55.7 Å². The minimum atomic E-state index is -1.17. The molecule has 1 aromatic rings. The van der Waals surface area contributed by atoms with Gasteiger partial charge in [-0.2, -0.15) is 0 Å². The molecule has 2 atom stereocenters. The third-order valence-corrected chi connectivity index (χ3v) is 2.87. The Morgan fingerprint density at radius 1 is 1.47 bits per heavy atom. The molecule has 4 nitrogen and oxygen atoms in total. The normalized spacial score (nSPS) is 28.8. The third-order valence-electron chi connectivity index (χ3n) is 2.87. The molecule has 0 radical (unpaired) electrons. The largest absolute Gasteiger partial charge is 0.356 e. The van der Waals surface area contributed by atoms with Gasteiger partial charge in [0, 0.05) is 6.42 Å². The number of nitrogens with zero attached hydrogens (tertiary/aromatic N) is 1. The molecule has 2 rings (SSSR count). The van der Waals surface area contributed by atoms with Crippen molar-refractivity contribution in [1.29, 1.82) is 0 Å². The van der Waals surface area contributed by atoms with E-state index in [2.05, 4.69) is 0 Å². The third kappa shape index (κ3) is 1.51. The van der Waals surface area contributed by atoms with Crippen molar-refractivity contribution >= 4 is 0 Å². The second-order valence-electron chi connectivity index (χ2n) is 3.86. The summed E-state index contributed by atoms with van der Waals surface area (Å²) in [6.07, 6.45) is 0.0246.